The van der Waals surface area contributed by atoms with Crippen molar-refractivity contribution in [3.8, 4) is 5.75 Å². The highest BCUT2D eigenvalue weighted by molar-refractivity contribution is 9.10. The Balaban J connectivity index is 2.58. The zero-order valence-corrected chi connectivity index (χ0v) is 12.9. The number of rotatable bonds is 1. The van der Waals surface area contributed by atoms with E-state index in [1.807, 2.05) is 13.8 Å². The van der Waals surface area contributed by atoms with E-state index in [2.05, 4.69) is 31.9 Å². The quantitative estimate of drug-likeness (QED) is 0.460. The van der Waals surface area contributed by atoms with Gasteiger partial charge >= 0.3 is 0 Å². The topological polar surface area (TPSA) is 72.6 Å². The number of nitro groups is 1. The fraction of sp³-hybridized carbons (Fsp3) is 0.455. The first kappa shape index (κ1) is 13.8. The largest absolute Gasteiger partial charge is 0.486 e. The second-order valence-corrected chi connectivity index (χ2v) is 6.49. The molecule has 0 saturated carbocycles. The molecular weight excluding hydrogens is 370 g/mol. The van der Waals surface area contributed by atoms with Crippen molar-refractivity contribution >= 4 is 37.5 Å². The lowest BCUT2D eigenvalue weighted by Gasteiger charge is -2.40. The molecule has 0 fully saturated rings. The molecule has 0 amide bonds. The van der Waals surface area contributed by atoms with Crippen molar-refractivity contribution in [2.75, 3.05) is 0 Å². The van der Waals surface area contributed by atoms with Crippen LogP contribution < -0.4 is 4.74 Å². The summed E-state index contributed by atoms with van der Waals surface area (Å²) in [6.07, 6.45) is -0.777. The summed E-state index contributed by atoms with van der Waals surface area (Å²) in [7, 11) is 0. The van der Waals surface area contributed by atoms with Gasteiger partial charge in [-0.05, 0) is 35.8 Å². The number of hydrogen-bond donors (Lipinski definition) is 1. The van der Waals surface area contributed by atoms with Crippen molar-refractivity contribution in [2.24, 2.45) is 0 Å². The lowest BCUT2D eigenvalue weighted by atomic mass is 9.91. The predicted octanol–water partition coefficient (Wildman–Crippen LogP) is 3.33. The maximum atomic E-state index is 10.9. The van der Waals surface area contributed by atoms with Gasteiger partial charge in [-0.25, -0.2) is 0 Å². The van der Waals surface area contributed by atoms with Crippen LogP contribution in [0.15, 0.2) is 16.6 Å². The normalized spacial score (nSPS) is 25.2. The van der Waals surface area contributed by atoms with E-state index in [1.54, 1.807) is 0 Å². The molecule has 1 N–H and O–H groups in total. The summed E-state index contributed by atoms with van der Waals surface area (Å²) in [4.78, 5) is 10.1. The Kier molecular flexibility index (Phi) is 3.42. The van der Waals surface area contributed by atoms with Crippen LogP contribution in [0.4, 0.5) is 5.69 Å². The highest BCUT2D eigenvalue weighted by atomic mass is 79.9. The number of hydrogen-bond acceptors (Lipinski definition) is 4. The van der Waals surface area contributed by atoms with Gasteiger partial charge < -0.3 is 9.84 Å². The van der Waals surface area contributed by atoms with Crippen LogP contribution in [-0.4, -0.2) is 20.5 Å². The Morgan fingerprint density at radius 2 is 2.11 bits per heavy atom. The van der Waals surface area contributed by atoms with Crippen LogP contribution in [0, 0.1) is 10.1 Å². The van der Waals surface area contributed by atoms with Crippen LogP contribution in [0.5, 0.6) is 5.75 Å². The summed E-state index contributed by atoms with van der Waals surface area (Å²) in [6.45, 7) is 3.62. The molecule has 1 aliphatic heterocycles. The standard InChI is InChI=1S/C11H11Br2NO4/c1-11(2)10(13)9(15)5-3-6(12)7(14(16)17)4-8(5)18-11/h3-4,9-10,15H,1-2H3/t9-,10+/m0/s1. The van der Waals surface area contributed by atoms with Crippen LogP contribution >= 0.6 is 31.9 Å². The first-order chi connectivity index (χ1) is 8.24. The molecule has 1 aromatic rings. The minimum Gasteiger partial charge on any atom is -0.486 e. The zero-order chi connectivity index (χ0) is 13.7. The number of aliphatic hydroxyl groups is 1. The summed E-state index contributed by atoms with van der Waals surface area (Å²) in [6, 6.07) is 2.87. The fourth-order valence-electron chi connectivity index (χ4n) is 1.90. The minimum absolute atomic E-state index is 0.0789. The van der Waals surface area contributed by atoms with Crippen LogP contribution in [0.1, 0.15) is 25.5 Å². The van der Waals surface area contributed by atoms with Crippen LogP contribution in [0.2, 0.25) is 0 Å². The molecule has 2 rings (SSSR count). The molecule has 1 aliphatic rings. The summed E-state index contributed by atoms with van der Waals surface area (Å²) in [5.41, 5.74) is -0.188. The predicted molar refractivity (Wildman–Crippen MR) is 73.2 cm³/mol. The number of nitro benzene ring substituents is 1. The Hall–Kier alpha value is -0.660. The average molecular weight is 381 g/mol. The van der Waals surface area contributed by atoms with Crippen molar-refractivity contribution in [3.05, 3.63) is 32.3 Å². The Morgan fingerprint density at radius 1 is 1.50 bits per heavy atom. The Labute approximate surface area is 121 Å². The summed E-state index contributed by atoms with van der Waals surface area (Å²) in [5.74, 6) is 0.345. The molecule has 5 nitrogen and oxygen atoms in total. The summed E-state index contributed by atoms with van der Waals surface area (Å²) < 4.78 is 6.04. The molecule has 1 aromatic carbocycles. The Morgan fingerprint density at radius 3 is 2.67 bits per heavy atom. The van der Waals surface area contributed by atoms with E-state index in [9.17, 15) is 15.2 Å². The smallest absolute Gasteiger partial charge is 0.287 e. The maximum absolute atomic E-state index is 10.9. The van der Waals surface area contributed by atoms with E-state index in [1.165, 1.54) is 12.1 Å². The van der Waals surface area contributed by atoms with Gasteiger partial charge in [0.1, 0.15) is 11.4 Å². The molecule has 2 atom stereocenters. The third-order valence-corrected chi connectivity index (χ3v) is 5.15. The number of halogens is 2. The monoisotopic (exact) mass is 379 g/mol. The number of benzene rings is 1. The molecule has 98 valence electrons. The second-order valence-electron chi connectivity index (χ2n) is 4.65. The van der Waals surface area contributed by atoms with E-state index in [-0.39, 0.29) is 10.5 Å². The van der Waals surface area contributed by atoms with E-state index in [0.717, 1.165) is 0 Å². The molecule has 0 spiro atoms. The molecule has 0 unspecified atom stereocenters. The first-order valence-electron chi connectivity index (χ1n) is 5.23. The SMILES string of the molecule is CC1(C)Oc2cc([N+](=O)[O-])c(Br)cc2[C@H](O)[C@H]1Br. The van der Waals surface area contributed by atoms with Crippen LogP contribution in [-0.2, 0) is 0 Å². The lowest BCUT2D eigenvalue weighted by Crippen LogP contribution is -2.45. The van der Waals surface area contributed by atoms with E-state index < -0.39 is 16.6 Å². The highest BCUT2D eigenvalue weighted by Gasteiger charge is 2.42. The van der Waals surface area contributed by atoms with Crippen LogP contribution in [0.3, 0.4) is 0 Å². The lowest BCUT2D eigenvalue weighted by molar-refractivity contribution is -0.385. The summed E-state index contributed by atoms with van der Waals surface area (Å²) >= 11 is 6.52. The molecule has 7 heteroatoms. The van der Waals surface area contributed by atoms with Gasteiger partial charge in [-0.1, -0.05) is 15.9 Å². The number of fused-ring (bicyclic) bond motifs is 1. The molecule has 0 aliphatic carbocycles. The van der Waals surface area contributed by atoms with Gasteiger partial charge in [0.15, 0.2) is 0 Å². The van der Waals surface area contributed by atoms with E-state index in [4.69, 9.17) is 4.74 Å². The third kappa shape index (κ3) is 2.15. The van der Waals surface area contributed by atoms with Gasteiger partial charge in [-0.15, -0.1) is 0 Å². The van der Waals surface area contributed by atoms with Gasteiger partial charge in [0.25, 0.3) is 5.69 Å². The van der Waals surface area contributed by atoms with Crippen molar-refractivity contribution in [3.63, 3.8) is 0 Å². The van der Waals surface area contributed by atoms with Crippen molar-refractivity contribution in [2.45, 2.75) is 30.4 Å². The second kappa shape index (κ2) is 4.47. The first-order valence-corrected chi connectivity index (χ1v) is 6.94. The van der Waals surface area contributed by atoms with E-state index in [0.29, 0.717) is 15.8 Å². The van der Waals surface area contributed by atoms with Crippen LogP contribution in [0.25, 0.3) is 0 Å². The third-order valence-electron chi connectivity index (χ3n) is 2.91. The number of ether oxygens (including phenoxy) is 1. The summed E-state index contributed by atoms with van der Waals surface area (Å²) in [5, 5.41) is 21.1. The molecule has 18 heavy (non-hydrogen) atoms. The molecule has 0 radical (unpaired) electrons. The number of nitrogens with zero attached hydrogens (tertiary/aromatic N) is 1. The maximum Gasteiger partial charge on any atom is 0.287 e. The van der Waals surface area contributed by atoms with Gasteiger partial charge in [-0.2, -0.15) is 0 Å². The minimum atomic E-state index is -0.777. The molecular formula is C11H11Br2NO4. The zero-order valence-electron chi connectivity index (χ0n) is 9.68. The number of alkyl halides is 1. The number of aliphatic hydroxyl groups excluding tert-OH is 1. The van der Waals surface area contributed by atoms with Gasteiger partial charge in [0.05, 0.1) is 26.4 Å². The van der Waals surface area contributed by atoms with Crippen molar-refractivity contribution < 1.29 is 14.8 Å². The molecule has 0 aromatic heterocycles. The molecule has 0 saturated heterocycles. The van der Waals surface area contributed by atoms with E-state index >= 15 is 0 Å². The Bertz CT molecular complexity index is 518. The highest BCUT2D eigenvalue weighted by Crippen LogP contribution is 2.46. The van der Waals surface area contributed by atoms with Crippen molar-refractivity contribution in [1.82, 2.24) is 0 Å². The van der Waals surface area contributed by atoms with Gasteiger partial charge in [-0.3, -0.25) is 10.1 Å². The average Bonchev–Trinajstić information content (AvgIpc) is 2.26. The molecule has 0 bridgehead atoms. The van der Waals surface area contributed by atoms with Crippen molar-refractivity contribution in [1.29, 1.82) is 0 Å². The fourth-order valence-corrected chi connectivity index (χ4v) is 2.78. The van der Waals surface area contributed by atoms with Gasteiger partial charge in [0.2, 0.25) is 0 Å². The molecule has 1 heterocycles. The van der Waals surface area contributed by atoms with Gasteiger partial charge in [0, 0.05) is 5.56 Å².